The molecule has 1 aromatic carbocycles. The van der Waals surface area contributed by atoms with E-state index >= 15 is 0 Å². The average molecular weight is 271 g/mol. The molecule has 0 spiro atoms. The van der Waals surface area contributed by atoms with E-state index in [0.29, 0.717) is 18.0 Å². The van der Waals surface area contributed by atoms with Gasteiger partial charge in [0.25, 0.3) is 5.91 Å². The highest BCUT2D eigenvalue weighted by Gasteiger charge is 2.16. The SMILES string of the molecule is O=C(NCC1CCSC1)c1ccc(F)c(S)c1. The number of carbonyl (C=O) groups is 1. The molecule has 1 unspecified atom stereocenters. The van der Waals surface area contributed by atoms with Gasteiger partial charge in [0, 0.05) is 17.0 Å². The van der Waals surface area contributed by atoms with Crippen molar-refractivity contribution in [1.82, 2.24) is 5.32 Å². The zero-order valence-electron chi connectivity index (χ0n) is 9.28. The van der Waals surface area contributed by atoms with Crippen molar-refractivity contribution in [2.45, 2.75) is 11.3 Å². The number of halogens is 1. The Morgan fingerprint density at radius 1 is 1.59 bits per heavy atom. The highest BCUT2D eigenvalue weighted by atomic mass is 32.2. The van der Waals surface area contributed by atoms with Gasteiger partial charge >= 0.3 is 0 Å². The predicted octanol–water partition coefficient (Wildman–Crippen LogP) is 2.60. The average Bonchev–Trinajstić information content (AvgIpc) is 2.82. The summed E-state index contributed by atoms with van der Waals surface area (Å²) in [4.78, 5) is 12.0. The molecule has 92 valence electrons. The number of rotatable bonds is 3. The summed E-state index contributed by atoms with van der Waals surface area (Å²) in [5.41, 5.74) is 0.460. The van der Waals surface area contributed by atoms with Crippen LogP contribution in [-0.2, 0) is 0 Å². The third-order valence-electron chi connectivity index (χ3n) is 2.78. The molecule has 0 radical (unpaired) electrons. The van der Waals surface area contributed by atoms with Crippen LogP contribution in [-0.4, -0.2) is 24.0 Å². The van der Waals surface area contributed by atoms with Gasteiger partial charge in [0.05, 0.1) is 0 Å². The van der Waals surface area contributed by atoms with E-state index in [2.05, 4.69) is 17.9 Å². The second-order valence-corrected chi connectivity index (χ2v) is 5.74. The Hall–Kier alpha value is -0.680. The van der Waals surface area contributed by atoms with E-state index in [0.717, 1.165) is 12.2 Å². The molecule has 1 aromatic rings. The molecule has 1 N–H and O–H groups in total. The Labute approximate surface area is 110 Å². The van der Waals surface area contributed by atoms with Crippen LogP contribution in [0.3, 0.4) is 0 Å². The number of hydrogen-bond donors (Lipinski definition) is 2. The van der Waals surface area contributed by atoms with E-state index in [1.54, 1.807) is 0 Å². The Bertz CT molecular complexity index is 419. The molecule has 5 heteroatoms. The molecule has 17 heavy (non-hydrogen) atoms. The Morgan fingerprint density at radius 2 is 2.41 bits per heavy atom. The van der Waals surface area contributed by atoms with Crippen LogP contribution in [0.5, 0.6) is 0 Å². The lowest BCUT2D eigenvalue weighted by Crippen LogP contribution is -2.29. The lowest BCUT2D eigenvalue weighted by molar-refractivity contribution is 0.0948. The number of carbonyl (C=O) groups excluding carboxylic acids is 1. The Balaban J connectivity index is 1.92. The second-order valence-electron chi connectivity index (χ2n) is 4.11. The Kier molecular flexibility index (Phi) is 4.34. The molecule has 1 amide bonds. The van der Waals surface area contributed by atoms with Gasteiger partial charge in [-0.25, -0.2) is 4.39 Å². The van der Waals surface area contributed by atoms with E-state index in [-0.39, 0.29) is 10.8 Å². The van der Waals surface area contributed by atoms with Gasteiger partial charge in [-0.1, -0.05) is 0 Å². The van der Waals surface area contributed by atoms with Crippen molar-refractivity contribution in [3.8, 4) is 0 Å². The van der Waals surface area contributed by atoms with Crippen molar-refractivity contribution in [3.05, 3.63) is 29.6 Å². The molecule has 1 atom stereocenters. The molecule has 1 fully saturated rings. The van der Waals surface area contributed by atoms with Gasteiger partial charge in [-0.3, -0.25) is 4.79 Å². The summed E-state index contributed by atoms with van der Waals surface area (Å²) in [7, 11) is 0. The molecular weight excluding hydrogens is 257 g/mol. The van der Waals surface area contributed by atoms with Crippen LogP contribution in [0.1, 0.15) is 16.8 Å². The third kappa shape index (κ3) is 3.39. The first kappa shape index (κ1) is 12.8. The van der Waals surface area contributed by atoms with Gasteiger partial charge in [0.1, 0.15) is 5.82 Å². The highest BCUT2D eigenvalue weighted by Crippen LogP contribution is 2.22. The van der Waals surface area contributed by atoms with E-state index in [4.69, 9.17) is 0 Å². The molecule has 0 aliphatic carbocycles. The van der Waals surface area contributed by atoms with E-state index in [9.17, 15) is 9.18 Å². The van der Waals surface area contributed by atoms with Crippen molar-refractivity contribution in [1.29, 1.82) is 0 Å². The summed E-state index contributed by atoms with van der Waals surface area (Å²) in [6.07, 6.45) is 1.16. The molecular formula is C12H14FNOS2. The van der Waals surface area contributed by atoms with Gasteiger partial charge < -0.3 is 5.32 Å². The molecule has 1 aliphatic heterocycles. The van der Waals surface area contributed by atoms with Crippen LogP contribution < -0.4 is 5.32 Å². The zero-order valence-corrected chi connectivity index (χ0v) is 11.0. The van der Waals surface area contributed by atoms with Crippen LogP contribution >= 0.6 is 24.4 Å². The summed E-state index contributed by atoms with van der Waals surface area (Å²) in [6, 6.07) is 4.20. The number of thioether (sulfide) groups is 1. The van der Waals surface area contributed by atoms with Crippen LogP contribution in [0.2, 0.25) is 0 Å². The lowest BCUT2D eigenvalue weighted by atomic mass is 10.1. The van der Waals surface area contributed by atoms with Crippen molar-refractivity contribution in [2.24, 2.45) is 5.92 Å². The van der Waals surface area contributed by atoms with Crippen molar-refractivity contribution >= 4 is 30.3 Å². The van der Waals surface area contributed by atoms with Crippen molar-refractivity contribution < 1.29 is 9.18 Å². The van der Waals surface area contributed by atoms with Crippen molar-refractivity contribution in [2.75, 3.05) is 18.1 Å². The molecule has 0 saturated carbocycles. The zero-order chi connectivity index (χ0) is 12.3. The van der Waals surface area contributed by atoms with Crippen LogP contribution in [0.25, 0.3) is 0 Å². The van der Waals surface area contributed by atoms with Gasteiger partial charge in [0.15, 0.2) is 0 Å². The molecule has 0 bridgehead atoms. The molecule has 1 saturated heterocycles. The largest absolute Gasteiger partial charge is 0.352 e. The van der Waals surface area contributed by atoms with E-state index in [1.807, 2.05) is 11.8 Å². The first-order valence-corrected chi connectivity index (χ1v) is 7.11. The highest BCUT2D eigenvalue weighted by molar-refractivity contribution is 7.99. The monoisotopic (exact) mass is 271 g/mol. The number of thiol groups is 1. The fraction of sp³-hybridized carbons (Fsp3) is 0.417. The molecule has 1 aliphatic rings. The van der Waals surface area contributed by atoms with Crippen molar-refractivity contribution in [3.63, 3.8) is 0 Å². The maximum Gasteiger partial charge on any atom is 0.251 e. The number of amides is 1. The van der Waals surface area contributed by atoms with Crippen LogP contribution in [0.15, 0.2) is 23.1 Å². The van der Waals surface area contributed by atoms with E-state index < -0.39 is 5.82 Å². The standard InChI is InChI=1S/C12H14FNOS2/c13-10-2-1-9(5-11(10)16)12(15)14-6-8-3-4-17-7-8/h1-2,5,8,16H,3-4,6-7H2,(H,14,15). The topological polar surface area (TPSA) is 29.1 Å². The number of hydrogen-bond acceptors (Lipinski definition) is 3. The maximum atomic E-state index is 13.0. The molecule has 2 rings (SSSR count). The van der Waals surface area contributed by atoms with Gasteiger partial charge in [-0.05, 0) is 42.0 Å². The quantitative estimate of drug-likeness (QED) is 0.827. The normalized spacial score (nSPS) is 19.3. The summed E-state index contributed by atoms with van der Waals surface area (Å²) in [5.74, 6) is 2.30. The molecule has 0 aromatic heterocycles. The summed E-state index contributed by atoms with van der Waals surface area (Å²) in [6.45, 7) is 0.700. The minimum Gasteiger partial charge on any atom is -0.352 e. The van der Waals surface area contributed by atoms with Gasteiger partial charge in [-0.15, -0.1) is 12.6 Å². The van der Waals surface area contributed by atoms with Gasteiger partial charge in [0.2, 0.25) is 0 Å². The Morgan fingerprint density at radius 3 is 3.06 bits per heavy atom. The van der Waals surface area contributed by atoms with Crippen LogP contribution in [0.4, 0.5) is 4.39 Å². The third-order valence-corrected chi connectivity index (χ3v) is 4.36. The first-order valence-electron chi connectivity index (χ1n) is 5.51. The summed E-state index contributed by atoms with van der Waals surface area (Å²) >= 11 is 5.88. The lowest BCUT2D eigenvalue weighted by Gasteiger charge is -2.10. The van der Waals surface area contributed by atoms with Gasteiger partial charge in [-0.2, -0.15) is 11.8 Å². The molecule has 1 heterocycles. The van der Waals surface area contributed by atoms with E-state index in [1.165, 1.54) is 24.0 Å². The fourth-order valence-corrected chi connectivity index (χ4v) is 3.24. The summed E-state index contributed by atoms with van der Waals surface area (Å²) < 4.78 is 13.0. The molecule has 2 nitrogen and oxygen atoms in total. The number of benzene rings is 1. The maximum absolute atomic E-state index is 13.0. The van der Waals surface area contributed by atoms with Crippen LogP contribution in [0, 0.1) is 11.7 Å². The smallest absolute Gasteiger partial charge is 0.251 e. The predicted molar refractivity (Wildman–Crippen MR) is 71.4 cm³/mol. The second kappa shape index (κ2) is 5.78. The fourth-order valence-electron chi connectivity index (χ4n) is 1.74. The minimum atomic E-state index is -0.405. The summed E-state index contributed by atoms with van der Waals surface area (Å²) in [5, 5.41) is 2.88. The first-order chi connectivity index (χ1) is 8.16. The number of nitrogens with one attached hydrogen (secondary N) is 1. The minimum absolute atomic E-state index is 0.155.